The standard InChI is InChI=1S/C47H39N/c1-3-13-36(14-4-1)42(34-41-19-11-17-39-15-7-9-22-45(39)41)33-35-25-27-37(28-26-35)38-29-31-44(32-30-38)48(43-20-5-2-6-21-43)47-24-12-18-40-16-8-10-23-46(40)47/h1-25,27,29-32,42H,26,28,33-34H2. The molecule has 1 atom stereocenters. The molecule has 1 nitrogen and oxygen atoms in total. The number of benzene rings is 7. The lowest BCUT2D eigenvalue weighted by Crippen LogP contribution is -2.10. The summed E-state index contributed by atoms with van der Waals surface area (Å²) in [6, 6.07) is 61.7. The Balaban J connectivity index is 1.06. The molecule has 0 fully saturated rings. The Hall–Kier alpha value is -5.66. The summed E-state index contributed by atoms with van der Waals surface area (Å²) >= 11 is 0. The molecule has 48 heavy (non-hydrogen) atoms. The molecule has 7 aromatic rings. The van der Waals surface area contributed by atoms with Crippen LogP contribution in [0, 0.1) is 0 Å². The Bertz CT molecular complexity index is 2220. The highest BCUT2D eigenvalue weighted by molar-refractivity contribution is 5.99. The van der Waals surface area contributed by atoms with E-state index in [4.69, 9.17) is 0 Å². The lowest BCUT2D eigenvalue weighted by molar-refractivity contribution is 0.659. The van der Waals surface area contributed by atoms with Gasteiger partial charge in [-0.05, 0) is 100 Å². The van der Waals surface area contributed by atoms with Gasteiger partial charge < -0.3 is 4.90 Å². The molecule has 1 unspecified atom stereocenters. The maximum atomic E-state index is 2.40. The monoisotopic (exact) mass is 617 g/mol. The van der Waals surface area contributed by atoms with Crippen LogP contribution >= 0.6 is 0 Å². The second kappa shape index (κ2) is 13.6. The number of hydrogen-bond donors (Lipinski definition) is 0. The minimum atomic E-state index is 0.440. The first-order chi connectivity index (χ1) is 23.8. The molecule has 1 aliphatic rings. The number of nitrogens with zero attached hydrogens (tertiary/aromatic N) is 1. The van der Waals surface area contributed by atoms with Crippen molar-refractivity contribution in [1.82, 2.24) is 0 Å². The minimum Gasteiger partial charge on any atom is -0.310 e. The normalized spacial score (nSPS) is 13.6. The van der Waals surface area contributed by atoms with Gasteiger partial charge in [0.1, 0.15) is 0 Å². The van der Waals surface area contributed by atoms with Gasteiger partial charge in [0.2, 0.25) is 0 Å². The van der Waals surface area contributed by atoms with E-state index in [1.165, 1.54) is 55.1 Å². The fourth-order valence-corrected chi connectivity index (χ4v) is 7.41. The number of fused-ring (bicyclic) bond motifs is 2. The molecular weight excluding hydrogens is 579 g/mol. The van der Waals surface area contributed by atoms with Crippen molar-refractivity contribution < 1.29 is 0 Å². The summed E-state index contributed by atoms with van der Waals surface area (Å²) < 4.78 is 0. The van der Waals surface area contributed by atoms with Crippen molar-refractivity contribution in [2.45, 2.75) is 31.6 Å². The van der Waals surface area contributed by atoms with Gasteiger partial charge in [0.05, 0.1) is 5.69 Å². The third-order valence-electron chi connectivity index (χ3n) is 9.88. The summed E-state index contributed by atoms with van der Waals surface area (Å²) in [7, 11) is 0. The van der Waals surface area contributed by atoms with Crippen LogP contribution in [-0.4, -0.2) is 0 Å². The number of hydrogen-bond acceptors (Lipinski definition) is 1. The third kappa shape index (κ3) is 6.20. The van der Waals surface area contributed by atoms with Crippen LogP contribution in [0.5, 0.6) is 0 Å². The van der Waals surface area contributed by atoms with Crippen molar-refractivity contribution in [2.24, 2.45) is 0 Å². The van der Waals surface area contributed by atoms with E-state index in [0.717, 1.165) is 37.1 Å². The molecule has 0 saturated carbocycles. The summed E-state index contributed by atoms with van der Waals surface area (Å²) in [4.78, 5) is 2.37. The van der Waals surface area contributed by atoms with Crippen LogP contribution < -0.4 is 4.90 Å². The van der Waals surface area contributed by atoms with Gasteiger partial charge in [0.15, 0.2) is 0 Å². The Kier molecular flexibility index (Phi) is 8.42. The van der Waals surface area contributed by atoms with E-state index in [1.54, 1.807) is 0 Å². The predicted molar refractivity (Wildman–Crippen MR) is 205 cm³/mol. The van der Waals surface area contributed by atoms with Crippen LogP contribution in [0.4, 0.5) is 17.1 Å². The Morgan fingerprint density at radius 2 is 1.06 bits per heavy atom. The molecule has 0 heterocycles. The lowest BCUT2D eigenvalue weighted by atomic mass is 9.82. The average molecular weight is 618 g/mol. The first-order valence-electron chi connectivity index (χ1n) is 17.1. The van der Waals surface area contributed by atoms with Gasteiger partial charge in [-0.2, -0.15) is 0 Å². The molecule has 0 aliphatic heterocycles. The van der Waals surface area contributed by atoms with Gasteiger partial charge in [-0.3, -0.25) is 0 Å². The molecule has 1 heteroatoms. The first kappa shape index (κ1) is 29.7. The molecule has 1 aliphatic carbocycles. The van der Waals surface area contributed by atoms with Crippen LogP contribution in [0.25, 0.3) is 27.1 Å². The van der Waals surface area contributed by atoms with Gasteiger partial charge >= 0.3 is 0 Å². The number of anilines is 3. The summed E-state index contributed by atoms with van der Waals surface area (Å²) in [5, 5.41) is 5.18. The highest BCUT2D eigenvalue weighted by Crippen LogP contribution is 2.40. The molecule has 0 aromatic heterocycles. The van der Waals surface area contributed by atoms with E-state index in [-0.39, 0.29) is 0 Å². The third-order valence-corrected chi connectivity index (χ3v) is 9.88. The fourth-order valence-electron chi connectivity index (χ4n) is 7.41. The van der Waals surface area contributed by atoms with E-state index in [0.29, 0.717) is 5.92 Å². The van der Waals surface area contributed by atoms with Crippen molar-refractivity contribution >= 4 is 44.2 Å². The van der Waals surface area contributed by atoms with Gasteiger partial charge in [-0.15, -0.1) is 0 Å². The molecule has 0 radical (unpaired) electrons. The van der Waals surface area contributed by atoms with E-state index < -0.39 is 0 Å². The smallest absolute Gasteiger partial charge is 0.0540 e. The zero-order valence-corrected chi connectivity index (χ0v) is 27.2. The average Bonchev–Trinajstić information content (AvgIpc) is 3.16. The zero-order valence-electron chi connectivity index (χ0n) is 27.2. The Morgan fingerprint density at radius 1 is 0.458 bits per heavy atom. The summed E-state index contributed by atoms with van der Waals surface area (Å²) in [5.74, 6) is 0.440. The van der Waals surface area contributed by atoms with E-state index in [2.05, 4.69) is 187 Å². The molecule has 232 valence electrons. The Labute approximate surface area is 284 Å². The van der Waals surface area contributed by atoms with Crippen LogP contribution in [0.1, 0.15) is 41.9 Å². The molecule has 0 bridgehead atoms. The van der Waals surface area contributed by atoms with Gasteiger partial charge in [-0.25, -0.2) is 0 Å². The second-order valence-corrected chi connectivity index (χ2v) is 12.9. The van der Waals surface area contributed by atoms with Gasteiger partial charge in [0.25, 0.3) is 0 Å². The van der Waals surface area contributed by atoms with Crippen LogP contribution in [-0.2, 0) is 6.42 Å². The van der Waals surface area contributed by atoms with Gasteiger partial charge in [-0.1, -0.05) is 157 Å². The van der Waals surface area contributed by atoms with Crippen LogP contribution in [0.15, 0.2) is 188 Å². The van der Waals surface area contributed by atoms with E-state index >= 15 is 0 Å². The molecule has 0 saturated heterocycles. The van der Waals surface area contributed by atoms with E-state index in [9.17, 15) is 0 Å². The molecule has 7 aromatic carbocycles. The topological polar surface area (TPSA) is 3.24 Å². The highest BCUT2D eigenvalue weighted by Gasteiger charge is 2.19. The van der Waals surface area contributed by atoms with Crippen molar-refractivity contribution in [2.75, 3.05) is 4.90 Å². The molecular formula is C47H39N. The SMILES string of the molecule is C1=C(CC(Cc2cccc3ccccc23)c2ccccc2)CCC(c2ccc(N(c3ccccc3)c3cccc4ccccc34)cc2)=C1. The highest BCUT2D eigenvalue weighted by atomic mass is 15.1. The maximum absolute atomic E-state index is 2.40. The Morgan fingerprint density at radius 3 is 1.79 bits per heavy atom. The van der Waals surface area contributed by atoms with Crippen molar-refractivity contribution in [3.8, 4) is 0 Å². The fraction of sp³-hybridized carbons (Fsp3) is 0.106. The van der Waals surface area contributed by atoms with Crippen molar-refractivity contribution in [3.05, 3.63) is 204 Å². The lowest BCUT2D eigenvalue weighted by Gasteiger charge is -2.27. The molecule has 0 N–H and O–H groups in total. The summed E-state index contributed by atoms with van der Waals surface area (Å²) in [6.07, 6.45) is 9.04. The number of para-hydroxylation sites is 1. The summed E-state index contributed by atoms with van der Waals surface area (Å²) in [6.45, 7) is 0. The zero-order chi connectivity index (χ0) is 32.1. The number of allylic oxidation sites excluding steroid dienone is 4. The second-order valence-electron chi connectivity index (χ2n) is 12.9. The molecule has 0 spiro atoms. The number of rotatable bonds is 9. The van der Waals surface area contributed by atoms with Gasteiger partial charge in [0, 0.05) is 16.8 Å². The first-order valence-corrected chi connectivity index (χ1v) is 17.1. The van der Waals surface area contributed by atoms with Crippen molar-refractivity contribution in [1.29, 1.82) is 0 Å². The molecule has 8 rings (SSSR count). The summed E-state index contributed by atoms with van der Waals surface area (Å²) in [5.41, 5.74) is 10.6. The van der Waals surface area contributed by atoms with Crippen LogP contribution in [0.2, 0.25) is 0 Å². The largest absolute Gasteiger partial charge is 0.310 e. The quantitative estimate of drug-likeness (QED) is 0.156. The predicted octanol–water partition coefficient (Wildman–Crippen LogP) is 13.0. The van der Waals surface area contributed by atoms with Crippen molar-refractivity contribution in [3.63, 3.8) is 0 Å². The maximum Gasteiger partial charge on any atom is 0.0540 e. The molecule has 0 amide bonds. The van der Waals surface area contributed by atoms with Crippen LogP contribution in [0.3, 0.4) is 0 Å². The van der Waals surface area contributed by atoms with E-state index in [1.807, 2.05) is 0 Å². The minimum absolute atomic E-state index is 0.440.